The molecular formula is C12H13NO4. The van der Waals surface area contributed by atoms with E-state index in [1.165, 1.54) is 18.2 Å². The number of benzene rings is 1. The van der Waals surface area contributed by atoms with Gasteiger partial charge in [0.05, 0.1) is 18.1 Å². The molecule has 5 nitrogen and oxygen atoms in total. The van der Waals surface area contributed by atoms with Crippen molar-refractivity contribution in [2.45, 2.75) is 19.4 Å². The minimum Gasteiger partial charge on any atom is -0.487 e. The number of unbranched alkanes of at least 4 members (excludes halogenated alkanes) is 1. The van der Waals surface area contributed by atoms with Crippen LogP contribution in [0.3, 0.4) is 0 Å². The molecule has 0 aliphatic rings. The van der Waals surface area contributed by atoms with Crippen molar-refractivity contribution in [3.63, 3.8) is 0 Å². The lowest BCUT2D eigenvalue weighted by Gasteiger charge is -2.07. The number of nitrogens with zero attached hydrogens (tertiary/aromatic N) is 1. The first-order valence-electron chi connectivity index (χ1n) is 5.13. The lowest BCUT2D eigenvalue weighted by Crippen LogP contribution is -2.01. The number of hydrogen-bond donors (Lipinski definition) is 1. The smallest absolute Gasteiger partial charge is 0.310 e. The van der Waals surface area contributed by atoms with E-state index in [0.717, 1.165) is 0 Å². The van der Waals surface area contributed by atoms with Gasteiger partial charge in [0.15, 0.2) is 5.75 Å². The van der Waals surface area contributed by atoms with E-state index >= 15 is 0 Å². The molecule has 1 rings (SSSR count). The van der Waals surface area contributed by atoms with Crippen molar-refractivity contribution in [3.05, 3.63) is 33.9 Å². The lowest BCUT2D eigenvalue weighted by molar-refractivity contribution is -0.385. The second-order valence-electron chi connectivity index (χ2n) is 3.37. The number of nitro benzene ring substituents is 1. The van der Waals surface area contributed by atoms with E-state index in [4.69, 9.17) is 16.3 Å². The number of terminal acetylenes is 1. The highest BCUT2D eigenvalue weighted by molar-refractivity contribution is 5.48. The molecule has 0 fully saturated rings. The Hall–Kier alpha value is -2.06. The van der Waals surface area contributed by atoms with E-state index in [0.29, 0.717) is 25.0 Å². The van der Waals surface area contributed by atoms with Crippen LogP contribution >= 0.6 is 0 Å². The molecule has 90 valence electrons. The molecule has 0 saturated carbocycles. The van der Waals surface area contributed by atoms with Crippen LogP contribution in [0, 0.1) is 22.5 Å². The summed E-state index contributed by atoms with van der Waals surface area (Å²) in [7, 11) is 0. The zero-order valence-electron chi connectivity index (χ0n) is 9.26. The summed E-state index contributed by atoms with van der Waals surface area (Å²) in [6.45, 7) is 0.138. The largest absolute Gasteiger partial charge is 0.487 e. The van der Waals surface area contributed by atoms with Crippen molar-refractivity contribution >= 4 is 5.69 Å². The highest BCUT2D eigenvalue weighted by atomic mass is 16.6. The van der Waals surface area contributed by atoms with Gasteiger partial charge in [-0.1, -0.05) is 0 Å². The second-order valence-corrected chi connectivity index (χ2v) is 3.37. The summed E-state index contributed by atoms with van der Waals surface area (Å²) in [5.41, 5.74) is 0.463. The zero-order valence-corrected chi connectivity index (χ0v) is 9.26. The van der Waals surface area contributed by atoms with Crippen molar-refractivity contribution in [1.82, 2.24) is 0 Å². The molecule has 0 atom stereocenters. The second kappa shape index (κ2) is 6.51. The van der Waals surface area contributed by atoms with Crippen LogP contribution in [0.1, 0.15) is 18.4 Å². The first-order valence-corrected chi connectivity index (χ1v) is 5.13. The van der Waals surface area contributed by atoms with Crippen LogP contribution in [0.2, 0.25) is 0 Å². The van der Waals surface area contributed by atoms with Crippen molar-refractivity contribution in [1.29, 1.82) is 0 Å². The monoisotopic (exact) mass is 235 g/mol. The number of nitro groups is 1. The van der Waals surface area contributed by atoms with Crippen LogP contribution < -0.4 is 4.74 Å². The molecule has 17 heavy (non-hydrogen) atoms. The third-order valence-corrected chi connectivity index (χ3v) is 2.13. The normalized spacial score (nSPS) is 9.65. The Bertz CT molecular complexity index is 437. The summed E-state index contributed by atoms with van der Waals surface area (Å²) >= 11 is 0. The Kier molecular flexibility index (Phi) is 4.98. The fourth-order valence-electron chi connectivity index (χ4n) is 1.28. The van der Waals surface area contributed by atoms with Crippen molar-refractivity contribution < 1.29 is 14.8 Å². The molecule has 0 aromatic heterocycles. The van der Waals surface area contributed by atoms with Gasteiger partial charge in [-0.05, 0) is 24.1 Å². The summed E-state index contributed by atoms with van der Waals surface area (Å²) in [6, 6.07) is 4.28. The molecule has 0 amide bonds. The maximum atomic E-state index is 10.7. The molecule has 0 saturated heterocycles. The minimum absolute atomic E-state index is 0.108. The molecule has 5 heteroatoms. The van der Waals surface area contributed by atoms with E-state index in [2.05, 4.69) is 5.92 Å². The molecule has 1 aromatic carbocycles. The standard InChI is InChI=1S/C12H13NO4/c1-2-3-4-7-17-12-8-10(9-14)5-6-11(12)13(15)16/h1,5-6,8,14H,3-4,7,9H2. The number of ether oxygens (including phenoxy) is 1. The van der Waals surface area contributed by atoms with Crippen LogP contribution in [0.15, 0.2) is 18.2 Å². The molecule has 0 radical (unpaired) electrons. The van der Waals surface area contributed by atoms with E-state index in [1.54, 1.807) is 0 Å². The highest BCUT2D eigenvalue weighted by Gasteiger charge is 2.15. The Morgan fingerprint density at radius 2 is 2.29 bits per heavy atom. The molecule has 0 bridgehead atoms. The van der Waals surface area contributed by atoms with Gasteiger partial charge in [-0.2, -0.15) is 0 Å². The zero-order chi connectivity index (χ0) is 12.7. The first kappa shape index (κ1) is 13.0. The van der Waals surface area contributed by atoms with Gasteiger partial charge in [-0.25, -0.2) is 0 Å². The van der Waals surface area contributed by atoms with Crippen molar-refractivity contribution in [2.24, 2.45) is 0 Å². The molecule has 0 heterocycles. The molecule has 0 aliphatic carbocycles. The Morgan fingerprint density at radius 3 is 2.88 bits per heavy atom. The first-order chi connectivity index (χ1) is 8.19. The SMILES string of the molecule is C#CCCCOc1cc(CO)ccc1[N+](=O)[O-]. The van der Waals surface area contributed by atoms with Crippen molar-refractivity contribution in [2.75, 3.05) is 6.61 Å². The fourth-order valence-corrected chi connectivity index (χ4v) is 1.28. The number of rotatable bonds is 6. The number of aliphatic hydroxyl groups excluding tert-OH is 1. The number of hydrogen-bond acceptors (Lipinski definition) is 4. The summed E-state index contributed by atoms with van der Waals surface area (Å²) in [4.78, 5) is 10.2. The number of aliphatic hydroxyl groups is 1. The van der Waals surface area contributed by atoms with E-state index in [-0.39, 0.29) is 18.0 Å². The van der Waals surface area contributed by atoms with Gasteiger partial charge in [-0.15, -0.1) is 12.3 Å². The van der Waals surface area contributed by atoms with Gasteiger partial charge in [0.1, 0.15) is 0 Å². The summed E-state index contributed by atoms with van der Waals surface area (Å²) in [6.07, 6.45) is 6.28. The topological polar surface area (TPSA) is 72.6 Å². The third-order valence-electron chi connectivity index (χ3n) is 2.13. The van der Waals surface area contributed by atoms with Crippen LogP contribution in [0.4, 0.5) is 5.69 Å². The summed E-state index contributed by atoms with van der Waals surface area (Å²) < 4.78 is 5.29. The Labute approximate surface area is 99.2 Å². The molecule has 0 aliphatic heterocycles. The van der Waals surface area contributed by atoms with Crippen LogP contribution in [-0.2, 0) is 6.61 Å². The molecule has 1 N–H and O–H groups in total. The predicted octanol–water partition coefficient (Wildman–Crippen LogP) is 1.88. The van der Waals surface area contributed by atoms with Gasteiger partial charge < -0.3 is 9.84 Å². The fraction of sp³-hybridized carbons (Fsp3) is 0.333. The van der Waals surface area contributed by atoms with E-state index < -0.39 is 4.92 Å². The average Bonchev–Trinajstić information content (AvgIpc) is 2.34. The van der Waals surface area contributed by atoms with Gasteiger partial charge in [0.2, 0.25) is 0 Å². The van der Waals surface area contributed by atoms with E-state index in [1.807, 2.05) is 0 Å². The maximum Gasteiger partial charge on any atom is 0.310 e. The third kappa shape index (κ3) is 3.78. The minimum atomic E-state index is -0.516. The highest BCUT2D eigenvalue weighted by Crippen LogP contribution is 2.28. The van der Waals surface area contributed by atoms with Gasteiger partial charge in [-0.3, -0.25) is 10.1 Å². The van der Waals surface area contributed by atoms with E-state index in [9.17, 15) is 10.1 Å². The van der Waals surface area contributed by atoms with Crippen molar-refractivity contribution in [3.8, 4) is 18.1 Å². The molecular weight excluding hydrogens is 222 g/mol. The quantitative estimate of drug-likeness (QED) is 0.353. The van der Waals surface area contributed by atoms with Gasteiger partial charge in [0, 0.05) is 12.5 Å². The van der Waals surface area contributed by atoms with Gasteiger partial charge >= 0.3 is 5.69 Å². The van der Waals surface area contributed by atoms with Crippen LogP contribution in [0.5, 0.6) is 5.75 Å². The Balaban J connectivity index is 2.79. The Morgan fingerprint density at radius 1 is 1.53 bits per heavy atom. The maximum absolute atomic E-state index is 10.7. The summed E-state index contributed by atoms with van der Waals surface area (Å²) in [5.74, 6) is 2.63. The summed E-state index contributed by atoms with van der Waals surface area (Å²) in [5, 5.41) is 19.7. The predicted molar refractivity (Wildman–Crippen MR) is 62.6 cm³/mol. The molecule has 0 spiro atoms. The van der Waals surface area contributed by atoms with Crippen LogP contribution in [-0.4, -0.2) is 16.6 Å². The lowest BCUT2D eigenvalue weighted by atomic mass is 10.2. The molecule has 1 aromatic rings. The average molecular weight is 235 g/mol. The van der Waals surface area contributed by atoms with Crippen LogP contribution in [0.25, 0.3) is 0 Å². The van der Waals surface area contributed by atoms with Gasteiger partial charge in [0.25, 0.3) is 0 Å². The molecule has 0 unspecified atom stereocenters.